The maximum Gasteiger partial charge on any atom is 0.348 e. The highest BCUT2D eigenvalue weighted by atomic mass is 16.6. The Labute approximate surface area is 157 Å². The van der Waals surface area contributed by atoms with Crippen molar-refractivity contribution >= 4 is 11.9 Å². The summed E-state index contributed by atoms with van der Waals surface area (Å²) in [6.45, 7) is 1.56. The van der Waals surface area contributed by atoms with Gasteiger partial charge < -0.3 is 14.8 Å². The van der Waals surface area contributed by atoms with E-state index in [9.17, 15) is 9.59 Å². The van der Waals surface area contributed by atoms with E-state index < -0.39 is 18.2 Å². The van der Waals surface area contributed by atoms with Gasteiger partial charge in [-0.2, -0.15) is 5.26 Å². The van der Waals surface area contributed by atoms with Gasteiger partial charge in [0.05, 0.1) is 11.6 Å². The summed E-state index contributed by atoms with van der Waals surface area (Å²) in [6.07, 6.45) is -0.0390. The third-order valence-electron chi connectivity index (χ3n) is 4.13. The van der Waals surface area contributed by atoms with Crippen LogP contribution in [0.15, 0.2) is 54.6 Å². The van der Waals surface area contributed by atoms with Crippen LogP contribution in [0.3, 0.4) is 0 Å². The molecule has 0 radical (unpaired) electrons. The number of benzene rings is 2. The third-order valence-corrected chi connectivity index (χ3v) is 4.13. The smallest absolute Gasteiger partial charge is 0.348 e. The molecule has 0 bridgehead atoms. The Morgan fingerprint density at radius 1 is 1.11 bits per heavy atom. The molecule has 2 aromatic carbocycles. The van der Waals surface area contributed by atoms with Gasteiger partial charge in [0.25, 0.3) is 5.91 Å². The van der Waals surface area contributed by atoms with Crippen molar-refractivity contribution < 1.29 is 19.1 Å². The van der Waals surface area contributed by atoms with Crippen molar-refractivity contribution in [3.63, 3.8) is 0 Å². The Kier molecular flexibility index (Phi) is 5.72. The zero-order chi connectivity index (χ0) is 19.2. The molecule has 6 heteroatoms. The molecule has 0 heterocycles. The first kappa shape index (κ1) is 18.5. The van der Waals surface area contributed by atoms with Crippen LogP contribution >= 0.6 is 0 Å². The van der Waals surface area contributed by atoms with Gasteiger partial charge in [-0.05, 0) is 44.0 Å². The van der Waals surface area contributed by atoms with Crippen molar-refractivity contribution in [3.8, 4) is 11.8 Å². The van der Waals surface area contributed by atoms with Crippen LogP contribution in [0.1, 0.15) is 37.0 Å². The summed E-state index contributed by atoms with van der Waals surface area (Å²) in [5.74, 6) is -0.529. The van der Waals surface area contributed by atoms with E-state index in [1.54, 1.807) is 55.5 Å². The number of amides is 1. The number of nitrogens with zero attached hydrogens (tertiary/aromatic N) is 1. The van der Waals surface area contributed by atoms with E-state index in [0.717, 1.165) is 12.8 Å². The number of rotatable bonds is 7. The van der Waals surface area contributed by atoms with Gasteiger partial charge >= 0.3 is 5.97 Å². The minimum atomic E-state index is -1.02. The summed E-state index contributed by atoms with van der Waals surface area (Å²) in [7, 11) is 0. The van der Waals surface area contributed by atoms with Gasteiger partial charge in [-0.1, -0.05) is 30.3 Å². The van der Waals surface area contributed by atoms with Crippen molar-refractivity contribution in [3.05, 3.63) is 65.7 Å². The van der Waals surface area contributed by atoms with Crippen LogP contribution in [0.25, 0.3) is 0 Å². The first-order valence-electron chi connectivity index (χ1n) is 8.79. The lowest BCUT2D eigenvalue weighted by Gasteiger charge is -2.20. The summed E-state index contributed by atoms with van der Waals surface area (Å²) in [5.41, 5.74) is 1.10. The van der Waals surface area contributed by atoms with Gasteiger partial charge in [0.2, 0.25) is 6.10 Å². The molecular weight excluding hydrogens is 344 g/mol. The summed E-state index contributed by atoms with van der Waals surface area (Å²) in [4.78, 5) is 25.0. The molecule has 1 saturated carbocycles. The first-order valence-corrected chi connectivity index (χ1v) is 8.79. The molecule has 2 atom stereocenters. The number of ether oxygens (including phenoxy) is 2. The molecule has 0 unspecified atom stereocenters. The van der Waals surface area contributed by atoms with Crippen LogP contribution in [-0.2, 0) is 14.3 Å². The Balaban J connectivity index is 1.67. The average molecular weight is 364 g/mol. The standard InChI is InChI=1S/C21H20N2O4/c1-14(26-18-11-7-15(13-22)8-12-18)21(25)27-19(16-5-3-2-4-6-16)20(24)23-17-9-10-17/h2-8,11-12,14,17,19H,9-10H2,1H3,(H,23,24)/t14-,19-/m0/s1. The van der Waals surface area contributed by atoms with E-state index in [1.165, 1.54) is 0 Å². The maximum atomic E-state index is 12.5. The molecule has 1 aliphatic carbocycles. The van der Waals surface area contributed by atoms with Crippen molar-refractivity contribution in [1.29, 1.82) is 5.26 Å². The molecule has 1 fully saturated rings. The van der Waals surface area contributed by atoms with E-state index >= 15 is 0 Å². The highest BCUT2D eigenvalue weighted by molar-refractivity contribution is 5.86. The molecule has 1 N–H and O–H groups in total. The number of hydrogen-bond acceptors (Lipinski definition) is 5. The molecule has 0 aliphatic heterocycles. The molecule has 3 rings (SSSR count). The zero-order valence-corrected chi connectivity index (χ0v) is 14.9. The second kappa shape index (κ2) is 8.37. The second-order valence-corrected chi connectivity index (χ2v) is 6.41. The highest BCUT2D eigenvalue weighted by Gasteiger charge is 2.32. The van der Waals surface area contributed by atoms with Gasteiger partial charge in [0, 0.05) is 11.6 Å². The van der Waals surface area contributed by atoms with Crippen LogP contribution in [0, 0.1) is 11.3 Å². The topological polar surface area (TPSA) is 88.4 Å². The Morgan fingerprint density at radius 2 is 1.78 bits per heavy atom. The van der Waals surface area contributed by atoms with Crippen LogP contribution in [0.4, 0.5) is 0 Å². The monoisotopic (exact) mass is 364 g/mol. The van der Waals surface area contributed by atoms with Gasteiger partial charge in [0.1, 0.15) is 5.75 Å². The molecule has 0 aromatic heterocycles. The van der Waals surface area contributed by atoms with Gasteiger partial charge in [0.15, 0.2) is 6.10 Å². The molecule has 0 spiro atoms. The lowest BCUT2D eigenvalue weighted by Crippen LogP contribution is -2.36. The summed E-state index contributed by atoms with van der Waals surface area (Å²) in [6, 6.07) is 17.5. The number of nitriles is 1. The number of carbonyl (C=O) groups is 2. The fourth-order valence-electron chi connectivity index (χ4n) is 2.48. The Morgan fingerprint density at radius 3 is 2.37 bits per heavy atom. The van der Waals surface area contributed by atoms with Crippen LogP contribution in [-0.4, -0.2) is 24.0 Å². The Hall–Kier alpha value is -3.33. The number of esters is 1. The first-order chi connectivity index (χ1) is 13.1. The molecule has 27 heavy (non-hydrogen) atoms. The normalized spacial score (nSPS) is 15.1. The molecule has 0 saturated heterocycles. The quantitative estimate of drug-likeness (QED) is 0.763. The van der Waals surface area contributed by atoms with E-state index in [1.807, 2.05) is 12.1 Å². The van der Waals surface area contributed by atoms with Crippen LogP contribution < -0.4 is 10.1 Å². The fourth-order valence-corrected chi connectivity index (χ4v) is 2.48. The summed E-state index contributed by atoms with van der Waals surface area (Å²) < 4.78 is 11.0. The highest BCUT2D eigenvalue weighted by Crippen LogP contribution is 2.24. The zero-order valence-electron chi connectivity index (χ0n) is 14.9. The van der Waals surface area contributed by atoms with Gasteiger partial charge in [-0.15, -0.1) is 0 Å². The lowest BCUT2D eigenvalue weighted by molar-refractivity contribution is -0.162. The van der Waals surface area contributed by atoms with Gasteiger partial charge in [-0.25, -0.2) is 4.79 Å². The minimum absolute atomic E-state index is 0.162. The van der Waals surface area contributed by atoms with E-state index in [0.29, 0.717) is 16.9 Å². The second-order valence-electron chi connectivity index (χ2n) is 6.41. The summed E-state index contributed by atoms with van der Waals surface area (Å²) in [5, 5.41) is 11.7. The van der Waals surface area contributed by atoms with Crippen molar-refractivity contribution in [1.82, 2.24) is 5.32 Å². The van der Waals surface area contributed by atoms with Gasteiger partial charge in [-0.3, -0.25) is 4.79 Å². The molecule has 1 aliphatic rings. The maximum absolute atomic E-state index is 12.5. The molecule has 1 amide bonds. The average Bonchev–Trinajstić information content (AvgIpc) is 3.51. The molecular formula is C21H20N2O4. The van der Waals surface area contributed by atoms with Crippen molar-refractivity contribution in [2.24, 2.45) is 0 Å². The fraction of sp³-hybridized carbons (Fsp3) is 0.286. The predicted octanol–water partition coefficient (Wildman–Crippen LogP) is 2.89. The summed E-state index contributed by atoms with van der Waals surface area (Å²) >= 11 is 0. The van der Waals surface area contributed by atoms with E-state index in [-0.39, 0.29) is 11.9 Å². The van der Waals surface area contributed by atoms with E-state index in [4.69, 9.17) is 14.7 Å². The minimum Gasteiger partial charge on any atom is -0.479 e. The van der Waals surface area contributed by atoms with Crippen molar-refractivity contribution in [2.75, 3.05) is 0 Å². The number of carbonyl (C=O) groups excluding carboxylic acids is 2. The van der Waals surface area contributed by atoms with Crippen LogP contribution in [0.5, 0.6) is 5.75 Å². The molecule has 138 valence electrons. The lowest BCUT2D eigenvalue weighted by atomic mass is 10.1. The molecule has 6 nitrogen and oxygen atoms in total. The number of hydrogen-bond donors (Lipinski definition) is 1. The number of nitrogens with one attached hydrogen (secondary N) is 1. The molecule has 2 aromatic rings. The third kappa shape index (κ3) is 5.08. The Bertz CT molecular complexity index is 839. The largest absolute Gasteiger partial charge is 0.479 e. The van der Waals surface area contributed by atoms with Crippen LogP contribution in [0.2, 0.25) is 0 Å². The SMILES string of the molecule is C[C@H](Oc1ccc(C#N)cc1)C(=O)O[C@H](C(=O)NC1CC1)c1ccccc1. The van der Waals surface area contributed by atoms with E-state index in [2.05, 4.69) is 5.32 Å². The van der Waals surface area contributed by atoms with Crippen molar-refractivity contribution in [2.45, 2.75) is 38.0 Å². The predicted molar refractivity (Wildman–Crippen MR) is 97.7 cm³/mol.